The molecule has 1 aliphatic heterocycles. The molecule has 6 N–H and O–H groups in total. The predicted octanol–water partition coefficient (Wildman–Crippen LogP) is 4.53. The summed E-state index contributed by atoms with van der Waals surface area (Å²) in [5.41, 5.74) is 9.51. The largest absolute Gasteiger partial charge is 0.382 e. The molecule has 3 amide bonds. The van der Waals surface area contributed by atoms with Crippen LogP contribution >= 0.6 is 0 Å². The van der Waals surface area contributed by atoms with Gasteiger partial charge in [-0.3, -0.25) is 4.79 Å². The van der Waals surface area contributed by atoms with E-state index in [0.717, 1.165) is 42.9 Å². The molecule has 1 fully saturated rings. The number of amides is 3. The van der Waals surface area contributed by atoms with Gasteiger partial charge in [-0.05, 0) is 56.5 Å². The number of primary amides is 1. The average molecular weight is 502 g/mol. The number of nitrogens with two attached hydrogens (primary N) is 1. The van der Waals surface area contributed by atoms with E-state index < -0.39 is 5.91 Å². The van der Waals surface area contributed by atoms with E-state index in [1.54, 1.807) is 6.07 Å². The average Bonchev–Trinajstić information content (AvgIpc) is 2.89. The van der Waals surface area contributed by atoms with E-state index in [4.69, 9.17) is 5.73 Å². The lowest BCUT2D eigenvalue weighted by Crippen LogP contribution is -2.48. The molecule has 4 rings (SSSR count). The molecule has 9 heteroatoms. The van der Waals surface area contributed by atoms with Crippen LogP contribution in [0.4, 0.5) is 27.7 Å². The zero-order valence-corrected chi connectivity index (χ0v) is 21.3. The van der Waals surface area contributed by atoms with Crippen molar-refractivity contribution in [2.24, 2.45) is 5.73 Å². The number of aromatic nitrogens is 1. The summed E-state index contributed by atoms with van der Waals surface area (Å²) in [4.78, 5) is 30.3. The summed E-state index contributed by atoms with van der Waals surface area (Å²) in [7, 11) is 0. The van der Waals surface area contributed by atoms with E-state index in [9.17, 15) is 9.59 Å². The van der Waals surface area contributed by atoms with Crippen LogP contribution in [0.5, 0.6) is 0 Å². The number of urea groups is 1. The smallest absolute Gasteiger partial charge is 0.317 e. The lowest BCUT2D eigenvalue weighted by Gasteiger charge is -2.33. The fraction of sp³-hybridized carbons (Fsp3) is 0.321. The number of carbonyl (C=O) groups excluding carboxylic acids is 2. The van der Waals surface area contributed by atoms with E-state index in [1.165, 1.54) is 6.20 Å². The van der Waals surface area contributed by atoms with Crippen LogP contribution in [0.1, 0.15) is 42.6 Å². The normalized spacial score (nSPS) is 13.8. The van der Waals surface area contributed by atoms with E-state index >= 15 is 0 Å². The van der Waals surface area contributed by atoms with Gasteiger partial charge in [-0.1, -0.05) is 30.3 Å². The second-order valence-electron chi connectivity index (χ2n) is 9.53. The molecule has 0 aliphatic carbocycles. The standard InChI is InChI=1S/C28H35N7O2/c1-19(2)32-28(37)35-14-12-23(13-15-35)33-21-8-10-22(11-9-21)34-26-16-25(24(18-31-26)27(29)36)30-17-20-6-4-3-5-7-20/h3-11,16,18-19,23,33H,12-15,17H2,1-2H3,(H2,29,36)(H,32,37)(H2,30,31,34). The van der Waals surface area contributed by atoms with Gasteiger partial charge >= 0.3 is 6.03 Å². The Bertz CT molecular complexity index is 1190. The van der Waals surface area contributed by atoms with E-state index in [0.29, 0.717) is 29.7 Å². The summed E-state index contributed by atoms with van der Waals surface area (Å²) >= 11 is 0. The zero-order chi connectivity index (χ0) is 26.2. The quantitative estimate of drug-likeness (QED) is 0.293. The van der Waals surface area contributed by atoms with Gasteiger partial charge in [0, 0.05) is 55.4 Å². The minimum Gasteiger partial charge on any atom is -0.382 e. The molecule has 2 aromatic carbocycles. The molecule has 194 valence electrons. The van der Waals surface area contributed by atoms with Crippen molar-refractivity contribution in [2.75, 3.05) is 29.0 Å². The SMILES string of the molecule is CC(C)NC(=O)N1CCC(Nc2ccc(Nc3cc(NCc4ccccc4)c(C(N)=O)cn3)cc2)CC1. The summed E-state index contributed by atoms with van der Waals surface area (Å²) in [5.74, 6) is 0.0738. The first-order chi connectivity index (χ1) is 17.9. The second kappa shape index (κ2) is 12.1. The molecule has 9 nitrogen and oxygen atoms in total. The maximum atomic E-state index is 12.2. The van der Waals surface area contributed by atoms with Gasteiger partial charge in [-0.25, -0.2) is 9.78 Å². The molecular formula is C28H35N7O2. The van der Waals surface area contributed by atoms with Gasteiger partial charge in [-0.15, -0.1) is 0 Å². The van der Waals surface area contributed by atoms with Crippen LogP contribution in [-0.4, -0.2) is 47.0 Å². The highest BCUT2D eigenvalue weighted by molar-refractivity contribution is 5.98. The Morgan fingerprint density at radius 3 is 2.35 bits per heavy atom. The molecule has 1 saturated heterocycles. The Hall–Kier alpha value is -4.27. The number of benzene rings is 2. The molecule has 2 heterocycles. The number of pyridine rings is 1. The summed E-state index contributed by atoms with van der Waals surface area (Å²) in [6.07, 6.45) is 3.29. The number of nitrogens with one attached hydrogen (secondary N) is 4. The molecule has 1 aliphatic rings. The van der Waals surface area contributed by atoms with E-state index in [-0.39, 0.29) is 12.1 Å². The molecule has 3 aromatic rings. The number of anilines is 4. The lowest BCUT2D eigenvalue weighted by molar-refractivity contribution is 0.100. The van der Waals surface area contributed by atoms with Crippen molar-refractivity contribution < 1.29 is 9.59 Å². The third kappa shape index (κ3) is 7.36. The van der Waals surface area contributed by atoms with Crippen LogP contribution in [0.3, 0.4) is 0 Å². The van der Waals surface area contributed by atoms with Crippen molar-refractivity contribution >= 4 is 34.8 Å². The molecule has 0 bridgehead atoms. The van der Waals surface area contributed by atoms with Crippen LogP contribution in [0.15, 0.2) is 66.9 Å². The van der Waals surface area contributed by atoms with Crippen molar-refractivity contribution in [3.63, 3.8) is 0 Å². The maximum absolute atomic E-state index is 12.2. The Labute approximate surface area is 217 Å². The van der Waals surface area contributed by atoms with Gasteiger partial charge in [0.05, 0.1) is 11.3 Å². The first-order valence-electron chi connectivity index (χ1n) is 12.6. The highest BCUT2D eigenvalue weighted by Gasteiger charge is 2.23. The number of hydrogen-bond acceptors (Lipinski definition) is 6. The first kappa shape index (κ1) is 25.8. The lowest BCUT2D eigenvalue weighted by atomic mass is 10.0. The van der Waals surface area contributed by atoms with Crippen molar-refractivity contribution in [3.8, 4) is 0 Å². The van der Waals surface area contributed by atoms with Crippen LogP contribution in [0.25, 0.3) is 0 Å². The van der Waals surface area contributed by atoms with Crippen LogP contribution in [0.2, 0.25) is 0 Å². The van der Waals surface area contributed by atoms with Crippen LogP contribution < -0.4 is 27.0 Å². The van der Waals surface area contributed by atoms with Gasteiger partial charge in [-0.2, -0.15) is 0 Å². The fourth-order valence-corrected chi connectivity index (χ4v) is 4.26. The van der Waals surface area contributed by atoms with Crippen LogP contribution in [-0.2, 0) is 6.54 Å². The van der Waals surface area contributed by atoms with Gasteiger partial charge in [0.2, 0.25) is 0 Å². The van der Waals surface area contributed by atoms with Gasteiger partial charge < -0.3 is 31.9 Å². The number of piperidine rings is 1. The zero-order valence-electron chi connectivity index (χ0n) is 21.3. The molecule has 37 heavy (non-hydrogen) atoms. The van der Waals surface area contributed by atoms with E-state index in [1.807, 2.05) is 73.3 Å². The third-order valence-corrected chi connectivity index (χ3v) is 6.22. The third-order valence-electron chi connectivity index (χ3n) is 6.22. The Kier molecular flexibility index (Phi) is 8.45. The fourth-order valence-electron chi connectivity index (χ4n) is 4.26. The van der Waals surface area contributed by atoms with Crippen molar-refractivity contribution in [1.82, 2.24) is 15.2 Å². The summed E-state index contributed by atoms with van der Waals surface area (Å²) in [5, 5.41) is 13.1. The Morgan fingerprint density at radius 2 is 1.70 bits per heavy atom. The molecular weight excluding hydrogens is 466 g/mol. The molecule has 0 spiro atoms. The van der Waals surface area contributed by atoms with Gasteiger partial charge in [0.25, 0.3) is 5.91 Å². The first-order valence-corrected chi connectivity index (χ1v) is 12.6. The number of hydrogen-bond donors (Lipinski definition) is 5. The monoisotopic (exact) mass is 501 g/mol. The number of nitrogens with zero attached hydrogens (tertiary/aromatic N) is 2. The summed E-state index contributed by atoms with van der Waals surface area (Å²) in [6.45, 7) is 5.98. The molecule has 0 radical (unpaired) electrons. The minimum absolute atomic E-state index is 0.0137. The number of rotatable bonds is 9. The highest BCUT2D eigenvalue weighted by atomic mass is 16.2. The maximum Gasteiger partial charge on any atom is 0.317 e. The van der Waals surface area contributed by atoms with Gasteiger partial charge in [0.1, 0.15) is 5.82 Å². The number of likely N-dealkylation sites (tertiary alicyclic amines) is 1. The molecule has 1 aromatic heterocycles. The minimum atomic E-state index is -0.531. The van der Waals surface area contributed by atoms with Crippen molar-refractivity contribution in [1.29, 1.82) is 0 Å². The van der Waals surface area contributed by atoms with Gasteiger partial charge in [0.15, 0.2) is 0 Å². The molecule has 0 unspecified atom stereocenters. The van der Waals surface area contributed by atoms with Crippen molar-refractivity contribution in [3.05, 3.63) is 78.0 Å². The van der Waals surface area contributed by atoms with E-state index in [2.05, 4.69) is 26.3 Å². The molecule has 0 atom stereocenters. The number of carbonyl (C=O) groups is 2. The second-order valence-corrected chi connectivity index (χ2v) is 9.53. The predicted molar refractivity (Wildman–Crippen MR) is 148 cm³/mol. The highest BCUT2D eigenvalue weighted by Crippen LogP contribution is 2.24. The van der Waals surface area contributed by atoms with Crippen molar-refractivity contribution in [2.45, 2.75) is 45.3 Å². The topological polar surface area (TPSA) is 124 Å². The summed E-state index contributed by atoms with van der Waals surface area (Å²) < 4.78 is 0. The molecule has 0 saturated carbocycles. The Morgan fingerprint density at radius 1 is 1.03 bits per heavy atom. The Balaban J connectivity index is 1.33. The summed E-state index contributed by atoms with van der Waals surface area (Å²) in [6, 6.07) is 20.2. The van der Waals surface area contributed by atoms with Crippen LogP contribution in [0, 0.1) is 0 Å².